The van der Waals surface area contributed by atoms with Gasteiger partial charge in [0.25, 0.3) is 0 Å². The first kappa shape index (κ1) is 28.6. The van der Waals surface area contributed by atoms with E-state index >= 15 is 0 Å². The standard InChI is InChI=1S/C29H40N4O6/c1-28(2,3)25(35)31-24-17(14-30-27(32-24)33-26(36)29(4,5)6)11-16-12-20(37-7)22(38-8)23-21(16)18(34)13-19(39-23)15-9-10-15/h12,14-15,18-19,34H,9-11,13H2,1-8H3,(H2,30,31,32,33,35,36). The van der Waals surface area contributed by atoms with E-state index in [2.05, 4.69) is 20.6 Å². The molecule has 212 valence electrons. The lowest BCUT2D eigenvalue weighted by Crippen LogP contribution is -2.30. The van der Waals surface area contributed by atoms with E-state index in [0.717, 1.165) is 18.4 Å². The van der Waals surface area contributed by atoms with Crippen LogP contribution in [0.4, 0.5) is 11.8 Å². The highest BCUT2D eigenvalue weighted by Crippen LogP contribution is 2.52. The maximum Gasteiger partial charge on any atom is 0.232 e. The van der Waals surface area contributed by atoms with Crippen molar-refractivity contribution in [3.63, 3.8) is 0 Å². The van der Waals surface area contributed by atoms with Gasteiger partial charge < -0.3 is 24.6 Å². The minimum absolute atomic E-state index is 0.0861. The van der Waals surface area contributed by atoms with Crippen molar-refractivity contribution in [2.45, 2.75) is 79.4 Å². The molecule has 3 N–H and O–H groups in total. The van der Waals surface area contributed by atoms with E-state index in [4.69, 9.17) is 14.2 Å². The molecule has 2 unspecified atom stereocenters. The molecule has 2 atom stereocenters. The number of anilines is 2. The summed E-state index contributed by atoms with van der Waals surface area (Å²) in [5.41, 5.74) is 0.645. The Morgan fingerprint density at radius 2 is 1.67 bits per heavy atom. The van der Waals surface area contributed by atoms with Crippen molar-refractivity contribution in [1.82, 2.24) is 9.97 Å². The Balaban J connectivity index is 1.77. The van der Waals surface area contributed by atoms with Crippen LogP contribution >= 0.6 is 0 Å². The van der Waals surface area contributed by atoms with Crippen LogP contribution in [0.15, 0.2) is 12.3 Å². The molecule has 2 amide bonds. The molecule has 0 saturated heterocycles. The SMILES string of the molecule is COc1cc(Cc2cnc(NC(=O)C(C)(C)C)nc2NC(=O)C(C)(C)C)c2c(c1OC)OC(C1CC1)CC2O. The fourth-order valence-corrected chi connectivity index (χ4v) is 4.44. The maximum atomic E-state index is 13.0. The van der Waals surface area contributed by atoms with Crippen molar-refractivity contribution in [3.05, 3.63) is 29.0 Å². The van der Waals surface area contributed by atoms with Crippen LogP contribution in [0.2, 0.25) is 0 Å². The van der Waals surface area contributed by atoms with Crippen molar-refractivity contribution in [2.24, 2.45) is 16.7 Å². The number of methoxy groups -OCH3 is 2. The molecule has 1 fully saturated rings. The Morgan fingerprint density at radius 3 is 2.23 bits per heavy atom. The Kier molecular flexibility index (Phi) is 7.80. The molecule has 0 spiro atoms. The highest BCUT2D eigenvalue weighted by molar-refractivity contribution is 5.95. The quantitative estimate of drug-likeness (QED) is 0.463. The van der Waals surface area contributed by atoms with Crippen LogP contribution in [-0.4, -0.2) is 47.2 Å². The highest BCUT2D eigenvalue weighted by Gasteiger charge is 2.41. The third-order valence-electron chi connectivity index (χ3n) is 7.02. The summed E-state index contributed by atoms with van der Waals surface area (Å²) in [6.07, 6.45) is 3.66. The van der Waals surface area contributed by atoms with Gasteiger partial charge in [0.05, 0.1) is 20.3 Å². The van der Waals surface area contributed by atoms with Gasteiger partial charge in [-0.25, -0.2) is 4.98 Å². The lowest BCUT2D eigenvalue weighted by molar-refractivity contribution is -0.123. The number of benzene rings is 1. The first-order valence-electron chi connectivity index (χ1n) is 13.3. The normalized spacial score (nSPS) is 19.0. The number of hydrogen-bond acceptors (Lipinski definition) is 8. The monoisotopic (exact) mass is 540 g/mol. The Bertz CT molecular complexity index is 1260. The predicted octanol–water partition coefficient (Wildman–Crippen LogP) is 4.65. The van der Waals surface area contributed by atoms with Crippen LogP contribution in [0.1, 0.15) is 83.6 Å². The zero-order chi connectivity index (χ0) is 28.7. The molecular weight excluding hydrogens is 500 g/mol. The van der Waals surface area contributed by atoms with Gasteiger partial charge in [0.1, 0.15) is 11.9 Å². The minimum atomic E-state index is -0.756. The molecule has 1 aromatic carbocycles. The Hall–Kier alpha value is -3.40. The van der Waals surface area contributed by atoms with Gasteiger partial charge >= 0.3 is 0 Å². The molecule has 2 aliphatic rings. The van der Waals surface area contributed by atoms with E-state index < -0.39 is 16.9 Å². The first-order valence-corrected chi connectivity index (χ1v) is 13.3. The Labute approximate surface area is 229 Å². The fraction of sp³-hybridized carbons (Fsp3) is 0.586. The van der Waals surface area contributed by atoms with Crippen molar-refractivity contribution in [1.29, 1.82) is 0 Å². The largest absolute Gasteiger partial charge is 0.493 e. The maximum absolute atomic E-state index is 13.0. The fourth-order valence-electron chi connectivity index (χ4n) is 4.44. The average Bonchev–Trinajstić information content (AvgIpc) is 3.69. The summed E-state index contributed by atoms with van der Waals surface area (Å²) in [4.78, 5) is 34.4. The molecule has 1 saturated carbocycles. The predicted molar refractivity (Wildman–Crippen MR) is 147 cm³/mol. The molecule has 1 aliphatic carbocycles. The van der Waals surface area contributed by atoms with E-state index in [9.17, 15) is 14.7 Å². The number of aromatic nitrogens is 2. The highest BCUT2D eigenvalue weighted by atomic mass is 16.5. The number of ether oxygens (including phenoxy) is 3. The number of hydrogen-bond donors (Lipinski definition) is 3. The number of carbonyl (C=O) groups excluding carboxylic acids is 2. The van der Waals surface area contributed by atoms with E-state index in [1.54, 1.807) is 62.0 Å². The number of nitrogens with one attached hydrogen (secondary N) is 2. The lowest BCUT2D eigenvalue weighted by atomic mass is 9.89. The second-order valence-electron chi connectivity index (χ2n) is 12.4. The van der Waals surface area contributed by atoms with E-state index in [-0.39, 0.29) is 36.1 Å². The Morgan fingerprint density at radius 1 is 1.03 bits per heavy atom. The van der Waals surface area contributed by atoms with E-state index in [1.807, 2.05) is 6.07 Å². The first-order chi connectivity index (χ1) is 18.2. The second-order valence-corrected chi connectivity index (χ2v) is 12.4. The molecule has 39 heavy (non-hydrogen) atoms. The van der Waals surface area contributed by atoms with Crippen LogP contribution in [0.25, 0.3) is 0 Å². The third-order valence-corrected chi connectivity index (χ3v) is 7.02. The molecule has 10 nitrogen and oxygen atoms in total. The average molecular weight is 541 g/mol. The van der Waals surface area contributed by atoms with Crippen molar-refractivity contribution in [3.8, 4) is 17.2 Å². The van der Waals surface area contributed by atoms with Gasteiger partial charge in [-0.1, -0.05) is 41.5 Å². The van der Waals surface area contributed by atoms with Crippen molar-refractivity contribution >= 4 is 23.6 Å². The van der Waals surface area contributed by atoms with Crippen LogP contribution in [0, 0.1) is 16.7 Å². The number of nitrogens with zero attached hydrogens (tertiary/aromatic N) is 2. The van der Waals surface area contributed by atoms with Gasteiger partial charge in [0, 0.05) is 41.0 Å². The number of amides is 2. The summed E-state index contributed by atoms with van der Waals surface area (Å²) >= 11 is 0. The van der Waals surface area contributed by atoms with Gasteiger partial charge in [-0.05, 0) is 30.4 Å². The molecule has 0 radical (unpaired) electrons. The van der Waals surface area contributed by atoms with Gasteiger partial charge in [-0.15, -0.1) is 0 Å². The summed E-state index contributed by atoms with van der Waals surface area (Å²) in [6.45, 7) is 10.8. The third kappa shape index (κ3) is 6.27. The molecule has 4 rings (SSSR count). The van der Waals surface area contributed by atoms with Crippen LogP contribution in [-0.2, 0) is 16.0 Å². The zero-order valence-corrected chi connectivity index (χ0v) is 24.1. The summed E-state index contributed by atoms with van der Waals surface area (Å²) in [5, 5.41) is 16.9. The zero-order valence-electron chi connectivity index (χ0n) is 24.1. The van der Waals surface area contributed by atoms with E-state index in [0.29, 0.717) is 40.7 Å². The van der Waals surface area contributed by atoms with Crippen molar-refractivity contribution < 1.29 is 28.9 Å². The molecular formula is C29H40N4O6. The summed E-state index contributed by atoms with van der Waals surface area (Å²) in [7, 11) is 3.10. The number of rotatable bonds is 7. The minimum Gasteiger partial charge on any atom is -0.493 e. The summed E-state index contributed by atoms with van der Waals surface area (Å²) < 4.78 is 17.7. The number of aliphatic hydroxyl groups excluding tert-OH is 1. The van der Waals surface area contributed by atoms with Gasteiger partial charge in [-0.3, -0.25) is 14.9 Å². The van der Waals surface area contributed by atoms with Crippen LogP contribution in [0.5, 0.6) is 17.2 Å². The van der Waals surface area contributed by atoms with Crippen LogP contribution in [0.3, 0.4) is 0 Å². The topological polar surface area (TPSA) is 132 Å². The van der Waals surface area contributed by atoms with Gasteiger partial charge in [0.15, 0.2) is 11.5 Å². The van der Waals surface area contributed by atoms with Gasteiger partial charge in [-0.2, -0.15) is 4.98 Å². The smallest absolute Gasteiger partial charge is 0.232 e. The molecule has 2 heterocycles. The second kappa shape index (κ2) is 10.6. The lowest BCUT2D eigenvalue weighted by Gasteiger charge is -2.33. The van der Waals surface area contributed by atoms with E-state index in [1.165, 1.54) is 0 Å². The molecule has 0 bridgehead atoms. The number of aliphatic hydroxyl groups is 1. The number of carbonyl (C=O) groups is 2. The molecule has 2 aromatic rings. The molecule has 1 aliphatic heterocycles. The van der Waals surface area contributed by atoms with Gasteiger partial charge in [0.2, 0.25) is 23.5 Å². The summed E-state index contributed by atoms with van der Waals surface area (Å²) in [5.74, 6) is 1.72. The summed E-state index contributed by atoms with van der Waals surface area (Å²) in [6, 6.07) is 1.81. The molecule has 10 heteroatoms. The molecule has 1 aromatic heterocycles. The van der Waals surface area contributed by atoms with Crippen molar-refractivity contribution in [2.75, 3.05) is 24.9 Å². The number of fused-ring (bicyclic) bond motifs is 1. The van der Waals surface area contributed by atoms with Crippen LogP contribution < -0.4 is 24.8 Å².